The molecule has 0 spiro atoms. The van der Waals surface area contributed by atoms with E-state index in [1.165, 1.54) is 0 Å². The number of hydrogen-bond acceptors (Lipinski definition) is 4. The Labute approximate surface area is 192 Å². The Balaban J connectivity index is 1.67. The number of carbonyl (C=O) groups excluding carboxylic acids is 2. The standard InChI is InChI=1S/C26H25N5O2/c1-3-30(4-2)26(33)19-10-8-12-21(16-19)28-25(32)23-18-31(22-13-6-5-7-14-22)29-24(23)20-11-9-15-27-17-20/h5-18H,3-4H2,1-2H3,(H,28,32). The lowest BCUT2D eigenvalue weighted by Crippen LogP contribution is -2.30. The van der Waals surface area contributed by atoms with Crippen LogP contribution < -0.4 is 5.32 Å². The van der Waals surface area contributed by atoms with E-state index in [4.69, 9.17) is 0 Å². The van der Waals surface area contributed by atoms with Gasteiger partial charge < -0.3 is 10.2 Å². The molecule has 0 aliphatic heterocycles. The molecule has 4 rings (SSSR count). The van der Waals surface area contributed by atoms with Gasteiger partial charge in [-0.05, 0) is 56.3 Å². The fraction of sp³-hybridized carbons (Fsp3) is 0.154. The second-order valence-corrected chi connectivity index (χ2v) is 7.43. The van der Waals surface area contributed by atoms with E-state index in [0.29, 0.717) is 35.6 Å². The van der Waals surface area contributed by atoms with Crippen molar-refractivity contribution in [3.63, 3.8) is 0 Å². The molecule has 0 saturated heterocycles. The van der Waals surface area contributed by atoms with Crippen molar-refractivity contribution in [2.45, 2.75) is 13.8 Å². The second kappa shape index (κ2) is 9.91. The van der Waals surface area contributed by atoms with Gasteiger partial charge in [0.25, 0.3) is 11.8 Å². The summed E-state index contributed by atoms with van der Waals surface area (Å²) in [5, 5.41) is 7.58. The number of carbonyl (C=O) groups is 2. The Morgan fingerprint density at radius 3 is 2.45 bits per heavy atom. The number of aromatic nitrogens is 3. The van der Waals surface area contributed by atoms with Crippen LogP contribution in [-0.2, 0) is 0 Å². The maximum Gasteiger partial charge on any atom is 0.259 e. The first-order valence-electron chi connectivity index (χ1n) is 10.9. The van der Waals surface area contributed by atoms with Crippen molar-refractivity contribution in [2.24, 2.45) is 0 Å². The lowest BCUT2D eigenvalue weighted by atomic mass is 10.1. The summed E-state index contributed by atoms with van der Waals surface area (Å²) < 4.78 is 1.68. The van der Waals surface area contributed by atoms with Crippen LogP contribution in [-0.4, -0.2) is 44.6 Å². The van der Waals surface area contributed by atoms with Crippen LogP contribution in [0.5, 0.6) is 0 Å². The van der Waals surface area contributed by atoms with Gasteiger partial charge >= 0.3 is 0 Å². The van der Waals surface area contributed by atoms with Gasteiger partial charge in [0, 0.05) is 48.5 Å². The van der Waals surface area contributed by atoms with E-state index < -0.39 is 0 Å². The van der Waals surface area contributed by atoms with E-state index in [0.717, 1.165) is 11.3 Å². The van der Waals surface area contributed by atoms with Crippen LogP contribution in [0.25, 0.3) is 16.9 Å². The quantitative estimate of drug-likeness (QED) is 0.454. The summed E-state index contributed by atoms with van der Waals surface area (Å²) in [7, 11) is 0. The third-order valence-corrected chi connectivity index (χ3v) is 5.33. The SMILES string of the molecule is CCN(CC)C(=O)c1cccc(NC(=O)c2cn(-c3ccccc3)nc2-c2cccnc2)c1. The third kappa shape index (κ3) is 4.82. The van der Waals surface area contributed by atoms with Crippen molar-refractivity contribution in [1.82, 2.24) is 19.7 Å². The minimum absolute atomic E-state index is 0.0657. The summed E-state index contributed by atoms with van der Waals surface area (Å²) in [5.41, 5.74) is 3.59. The predicted molar refractivity (Wildman–Crippen MR) is 128 cm³/mol. The zero-order chi connectivity index (χ0) is 23.2. The minimum atomic E-state index is -0.316. The maximum atomic E-state index is 13.3. The van der Waals surface area contributed by atoms with Gasteiger partial charge in [-0.25, -0.2) is 4.68 Å². The summed E-state index contributed by atoms with van der Waals surface area (Å²) in [6.45, 7) is 5.13. The molecule has 2 aromatic heterocycles. The van der Waals surface area contributed by atoms with Crippen LogP contribution in [0.3, 0.4) is 0 Å². The molecule has 7 heteroatoms. The maximum absolute atomic E-state index is 13.3. The zero-order valence-corrected chi connectivity index (χ0v) is 18.6. The number of pyridine rings is 1. The van der Waals surface area contributed by atoms with Crippen molar-refractivity contribution in [3.8, 4) is 16.9 Å². The van der Waals surface area contributed by atoms with Crippen LogP contribution in [0.15, 0.2) is 85.3 Å². The lowest BCUT2D eigenvalue weighted by molar-refractivity contribution is 0.0772. The molecule has 0 saturated carbocycles. The molecule has 2 aromatic carbocycles. The predicted octanol–water partition coefficient (Wildman–Crippen LogP) is 4.67. The van der Waals surface area contributed by atoms with Crippen LogP contribution >= 0.6 is 0 Å². The Hall–Kier alpha value is -4.26. The molecule has 0 atom stereocenters. The van der Waals surface area contributed by atoms with Crippen LogP contribution in [0.2, 0.25) is 0 Å². The summed E-state index contributed by atoms with van der Waals surface area (Å²) in [4.78, 5) is 31.9. The van der Waals surface area contributed by atoms with Gasteiger partial charge in [-0.1, -0.05) is 24.3 Å². The average Bonchev–Trinajstić information content (AvgIpc) is 3.32. The van der Waals surface area contributed by atoms with E-state index in [9.17, 15) is 9.59 Å². The van der Waals surface area contributed by atoms with Gasteiger partial charge in [0.1, 0.15) is 5.69 Å². The van der Waals surface area contributed by atoms with Crippen LogP contribution in [0, 0.1) is 0 Å². The fourth-order valence-corrected chi connectivity index (χ4v) is 3.59. The molecule has 7 nitrogen and oxygen atoms in total. The normalized spacial score (nSPS) is 10.6. The summed E-state index contributed by atoms with van der Waals surface area (Å²) in [6.07, 6.45) is 5.06. The van der Waals surface area contributed by atoms with Crippen molar-refractivity contribution in [3.05, 3.63) is 96.4 Å². The molecular weight excluding hydrogens is 414 g/mol. The Morgan fingerprint density at radius 2 is 1.76 bits per heavy atom. The van der Waals surface area contributed by atoms with Gasteiger partial charge in [0.15, 0.2) is 0 Å². The highest BCUT2D eigenvalue weighted by Gasteiger charge is 2.20. The number of benzene rings is 2. The summed E-state index contributed by atoms with van der Waals surface area (Å²) >= 11 is 0. The van der Waals surface area contributed by atoms with Gasteiger partial charge in [0.05, 0.1) is 11.3 Å². The van der Waals surface area contributed by atoms with Crippen LogP contribution in [0.1, 0.15) is 34.6 Å². The van der Waals surface area contributed by atoms with Crippen molar-refractivity contribution < 1.29 is 9.59 Å². The Bertz CT molecular complexity index is 1250. The van der Waals surface area contributed by atoms with Crippen molar-refractivity contribution in [2.75, 3.05) is 18.4 Å². The second-order valence-electron chi connectivity index (χ2n) is 7.43. The van der Waals surface area contributed by atoms with E-state index >= 15 is 0 Å². The number of rotatable bonds is 7. The third-order valence-electron chi connectivity index (χ3n) is 5.33. The molecule has 0 radical (unpaired) electrons. The molecule has 4 aromatic rings. The molecule has 2 amide bonds. The van der Waals surface area contributed by atoms with Crippen molar-refractivity contribution in [1.29, 1.82) is 0 Å². The molecule has 1 N–H and O–H groups in total. The van der Waals surface area contributed by atoms with Gasteiger partial charge in [-0.15, -0.1) is 0 Å². The highest BCUT2D eigenvalue weighted by Crippen LogP contribution is 2.24. The monoisotopic (exact) mass is 439 g/mol. The molecule has 0 bridgehead atoms. The molecule has 33 heavy (non-hydrogen) atoms. The average molecular weight is 440 g/mol. The molecule has 166 valence electrons. The number of amides is 2. The topological polar surface area (TPSA) is 80.1 Å². The minimum Gasteiger partial charge on any atom is -0.339 e. The Kier molecular flexibility index (Phi) is 6.59. The number of nitrogens with one attached hydrogen (secondary N) is 1. The summed E-state index contributed by atoms with van der Waals surface area (Å²) in [5.74, 6) is -0.382. The smallest absolute Gasteiger partial charge is 0.259 e. The fourth-order valence-electron chi connectivity index (χ4n) is 3.59. The van der Waals surface area contributed by atoms with E-state index in [1.54, 1.807) is 58.5 Å². The van der Waals surface area contributed by atoms with Gasteiger partial charge in [-0.3, -0.25) is 14.6 Å². The number of para-hydroxylation sites is 1. The molecule has 0 aliphatic carbocycles. The number of nitrogens with zero attached hydrogens (tertiary/aromatic N) is 4. The first kappa shape index (κ1) is 22.0. The lowest BCUT2D eigenvalue weighted by Gasteiger charge is -2.19. The largest absolute Gasteiger partial charge is 0.339 e. The first-order chi connectivity index (χ1) is 16.1. The number of anilines is 1. The molecular formula is C26H25N5O2. The molecule has 0 aliphatic rings. The molecule has 2 heterocycles. The first-order valence-corrected chi connectivity index (χ1v) is 10.9. The highest BCUT2D eigenvalue weighted by molar-refractivity contribution is 6.08. The van der Waals surface area contributed by atoms with Crippen molar-refractivity contribution >= 4 is 17.5 Å². The summed E-state index contributed by atoms with van der Waals surface area (Å²) in [6, 6.07) is 20.3. The zero-order valence-electron chi connectivity index (χ0n) is 18.6. The highest BCUT2D eigenvalue weighted by atomic mass is 16.2. The van der Waals surface area contributed by atoms with Gasteiger partial charge in [-0.2, -0.15) is 5.10 Å². The van der Waals surface area contributed by atoms with Gasteiger partial charge in [0.2, 0.25) is 0 Å². The molecule has 0 fully saturated rings. The van der Waals surface area contributed by atoms with E-state index in [2.05, 4.69) is 15.4 Å². The Morgan fingerprint density at radius 1 is 0.970 bits per heavy atom. The number of hydrogen-bond donors (Lipinski definition) is 1. The van der Waals surface area contributed by atoms with Crippen LogP contribution in [0.4, 0.5) is 5.69 Å². The van der Waals surface area contributed by atoms with E-state index in [1.807, 2.05) is 50.2 Å². The molecule has 0 unspecified atom stereocenters. The van der Waals surface area contributed by atoms with E-state index in [-0.39, 0.29) is 11.8 Å².